The molecule has 1 heterocycles. The van der Waals surface area contributed by atoms with Crippen molar-refractivity contribution >= 4 is 17.9 Å². The molecule has 96 valence electrons. The van der Waals surface area contributed by atoms with Gasteiger partial charge in [-0.25, -0.2) is 9.59 Å². The number of carboxylic acids is 1. The molecule has 5 N–H and O–H groups in total. The molecule has 17 heavy (non-hydrogen) atoms. The number of urea groups is 1. The first-order valence-electron chi connectivity index (χ1n) is 5.23. The molecule has 1 aliphatic heterocycles. The number of hydrogen-bond donors (Lipinski definition) is 5. The molecule has 0 saturated carbocycles. The van der Waals surface area contributed by atoms with E-state index in [1.54, 1.807) is 0 Å². The van der Waals surface area contributed by atoms with Crippen LogP contribution in [0.25, 0.3) is 0 Å². The van der Waals surface area contributed by atoms with Crippen molar-refractivity contribution in [1.82, 2.24) is 16.0 Å². The monoisotopic (exact) mass is 245 g/mol. The number of aliphatic hydroxyl groups is 1. The molecule has 8 nitrogen and oxygen atoms in total. The highest BCUT2D eigenvalue weighted by molar-refractivity contribution is 5.89. The lowest BCUT2D eigenvalue weighted by Crippen LogP contribution is -2.55. The van der Waals surface area contributed by atoms with E-state index < -0.39 is 30.7 Å². The first-order valence-corrected chi connectivity index (χ1v) is 5.23. The van der Waals surface area contributed by atoms with Crippen molar-refractivity contribution < 1.29 is 24.6 Å². The van der Waals surface area contributed by atoms with E-state index in [9.17, 15) is 14.4 Å². The molecule has 0 aromatic heterocycles. The highest BCUT2D eigenvalue weighted by Gasteiger charge is 2.25. The van der Waals surface area contributed by atoms with Crippen molar-refractivity contribution in [1.29, 1.82) is 0 Å². The molecule has 1 rings (SSSR count). The molecule has 0 radical (unpaired) electrons. The van der Waals surface area contributed by atoms with Crippen molar-refractivity contribution in [3.05, 3.63) is 0 Å². The van der Waals surface area contributed by atoms with E-state index in [4.69, 9.17) is 10.2 Å². The second-order valence-corrected chi connectivity index (χ2v) is 3.68. The Kier molecular flexibility index (Phi) is 4.70. The molecule has 1 saturated heterocycles. The van der Waals surface area contributed by atoms with Gasteiger partial charge in [-0.15, -0.1) is 0 Å². The molecule has 8 heteroatoms. The first-order chi connectivity index (χ1) is 8.04. The van der Waals surface area contributed by atoms with E-state index in [1.807, 2.05) is 0 Å². The average Bonchev–Trinajstić information content (AvgIpc) is 2.28. The van der Waals surface area contributed by atoms with Crippen LogP contribution in [0.5, 0.6) is 0 Å². The van der Waals surface area contributed by atoms with Gasteiger partial charge in [-0.05, 0) is 12.8 Å². The van der Waals surface area contributed by atoms with E-state index in [-0.39, 0.29) is 5.91 Å². The van der Waals surface area contributed by atoms with Crippen LogP contribution in [0, 0.1) is 0 Å². The standard InChI is InChI=1S/C9H15N3O5/c13-4-6(8(15)16)12-9(17)11-5-2-1-3-10-7(5)14/h5-6,13H,1-4H2,(H,10,14)(H,15,16)(H2,11,12,17)/t5?,6-/m1/s1. The van der Waals surface area contributed by atoms with Crippen LogP contribution in [-0.2, 0) is 9.59 Å². The third kappa shape index (κ3) is 3.91. The zero-order valence-corrected chi connectivity index (χ0v) is 9.10. The van der Waals surface area contributed by atoms with Crippen LogP contribution in [0.2, 0.25) is 0 Å². The largest absolute Gasteiger partial charge is 0.480 e. The molecule has 0 aromatic rings. The number of hydrogen-bond acceptors (Lipinski definition) is 4. The highest BCUT2D eigenvalue weighted by atomic mass is 16.4. The van der Waals surface area contributed by atoms with Gasteiger partial charge in [0, 0.05) is 6.54 Å². The van der Waals surface area contributed by atoms with Crippen LogP contribution in [0.3, 0.4) is 0 Å². The minimum atomic E-state index is -1.37. The fraction of sp³-hybridized carbons (Fsp3) is 0.667. The molecule has 3 amide bonds. The highest BCUT2D eigenvalue weighted by Crippen LogP contribution is 2.02. The summed E-state index contributed by atoms with van der Waals surface area (Å²) in [4.78, 5) is 33.2. The smallest absolute Gasteiger partial charge is 0.328 e. The lowest BCUT2D eigenvalue weighted by atomic mass is 10.1. The van der Waals surface area contributed by atoms with E-state index in [0.29, 0.717) is 13.0 Å². The van der Waals surface area contributed by atoms with Gasteiger partial charge in [0.25, 0.3) is 0 Å². The summed E-state index contributed by atoms with van der Waals surface area (Å²) >= 11 is 0. The van der Waals surface area contributed by atoms with Gasteiger partial charge in [0.15, 0.2) is 6.04 Å². The van der Waals surface area contributed by atoms with Gasteiger partial charge < -0.3 is 26.2 Å². The molecular weight excluding hydrogens is 230 g/mol. The molecule has 0 aromatic carbocycles. The molecule has 0 aliphatic carbocycles. The van der Waals surface area contributed by atoms with E-state index >= 15 is 0 Å². The summed E-state index contributed by atoms with van der Waals surface area (Å²) < 4.78 is 0. The normalized spacial score (nSPS) is 21.2. The van der Waals surface area contributed by atoms with E-state index in [0.717, 1.165) is 6.42 Å². The van der Waals surface area contributed by atoms with Crippen molar-refractivity contribution in [2.45, 2.75) is 24.9 Å². The Labute approximate surface area is 97.4 Å². The Hall–Kier alpha value is -1.83. The van der Waals surface area contributed by atoms with Gasteiger partial charge in [-0.3, -0.25) is 4.79 Å². The number of aliphatic carboxylic acids is 1. The molecule has 1 fully saturated rings. The van der Waals surface area contributed by atoms with Gasteiger partial charge in [0.05, 0.1) is 6.61 Å². The van der Waals surface area contributed by atoms with E-state index in [1.165, 1.54) is 0 Å². The third-order valence-corrected chi connectivity index (χ3v) is 2.38. The molecule has 1 unspecified atom stereocenters. The minimum absolute atomic E-state index is 0.290. The second kappa shape index (κ2) is 6.04. The van der Waals surface area contributed by atoms with Crippen LogP contribution >= 0.6 is 0 Å². The Morgan fingerprint density at radius 2 is 2.24 bits per heavy atom. The van der Waals surface area contributed by atoms with Crippen molar-refractivity contribution in [2.75, 3.05) is 13.2 Å². The van der Waals surface area contributed by atoms with Crippen LogP contribution in [0.15, 0.2) is 0 Å². The summed E-state index contributed by atoms with van der Waals surface area (Å²) in [5.41, 5.74) is 0. The Morgan fingerprint density at radius 1 is 1.53 bits per heavy atom. The Bertz CT molecular complexity index is 320. The summed E-state index contributed by atoms with van der Waals surface area (Å²) in [5.74, 6) is -1.63. The second-order valence-electron chi connectivity index (χ2n) is 3.68. The van der Waals surface area contributed by atoms with Gasteiger partial charge in [0.2, 0.25) is 5.91 Å². The molecular formula is C9H15N3O5. The van der Waals surface area contributed by atoms with Crippen LogP contribution in [0.1, 0.15) is 12.8 Å². The lowest BCUT2D eigenvalue weighted by molar-refractivity contribution is -0.140. The van der Waals surface area contributed by atoms with E-state index in [2.05, 4.69) is 16.0 Å². The fourth-order valence-corrected chi connectivity index (χ4v) is 1.45. The topological polar surface area (TPSA) is 128 Å². The fourth-order valence-electron chi connectivity index (χ4n) is 1.45. The number of carboxylic acid groups (broad SMARTS) is 1. The van der Waals surface area contributed by atoms with Crippen LogP contribution in [-0.4, -0.2) is 53.4 Å². The predicted octanol–water partition coefficient (Wildman–Crippen LogP) is -1.99. The number of carbonyl (C=O) groups excluding carboxylic acids is 2. The number of carbonyl (C=O) groups is 3. The number of aliphatic hydroxyl groups excluding tert-OH is 1. The third-order valence-electron chi connectivity index (χ3n) is 2.38. The Morgan fingerprint density at radius 3 is 2.76 bits per heavy atom. The van der Waals surface area contributed by atoms with Gasteiger partial charge in [-0.2, -0.15) is 0 Å². The number of amides is 3. The maximum Gasteiger partial charge on any atom is 0.328 e. The predicted molar refractivity (Wildman–Crippen MR) is 56.2 cm³/mol. The maximum absolute atomic E-state index is 11.4. The minimum Gasteiger partial charge on any atom is -0.480 e. The summed E-state index contributed by atoms with van der Waals surface area (Å²) in [6, 6.07) is -2.81. The average molecular weight is 245 g/mol. The van der Waals surface area contributed by atoms with Gasteiger partial charge >= 0.3 is 12.0 Å². The van der Waals surface area contributed by atoms with Crippen LogP contribution < -0.4 is 16.0 Å². The zero-order chi connectivity index (χ0) is 12.8. The SMILES string of the molecule is O=C(NC1CCCNC1=O)N[C@H](CO)C(=O)O. The van der Waals surface area contributed by atoms with Gasteiger partial charge in [0.1, 0.15) is 6.04 Å². The molecule has 1 aliphatic rings. The summed E-state index contributed by atoms with van der Waals surface area (Å²) in [6.07, 6.45) is 1.26. The quantitative estimate of drug-likeness (QED) is 0.392. The van der Waals surface area contributed by atoms with Crippen molar-refractivity contribution in [3.63, 3.8) is 0 Å². The number of piperidine rings is 1. The molecule has 2 atom stereocenters. The molecule has 0 spiro atoms. The van der Waals surface area contributed by atoms with Gasteiger partial charge in [-0.1, -0.05) is 0 Å². The lowest BCUT2D eigenvalue weighted by Gasteiger charge is -2.23. The number of nitrogens with one attached hydrogen (secondary N) is 3. The van der Waals surface area contributed by atoms with Crippen LogP contribution in [0.4, 0.5) is 4.79 Å². The van der Waals surface area contributed by atoms with Crippen molar-refractivity contribution in [3.8, 4) is 0 Å². The molecule has 0 bridgehead atoms. The Balaban J connectivity index is 2.42. The zero-order valence-electron chi connectivity index (χ0n) is 9.10. The number of rotatable bonds is 4. The summed E-state index contributed by atoms with van der Waals surface area (Å²) in [5, 5.41) is 24.3. The summed E-state index contributed by atoms with van der Waals surface area (Å²) in [7, 11) is 0. The maximum atomic E-state index is 11.4. The first kappa shape index (κ1) is 13.2. The summed E-state index contributed by atoms with van der Waals surface area (Å²) in [6.45, 7) is -0.132. The van der Waals surface area contributed by atoms with Crippen molar-refractivity contribution in [2.24, 2.45) is 0 Å².